The van der Waals surface area contributed by atoms with Crippen molar-refractivity contribution in [2.24, 2.45) is 0 Å². The van der Waals surface area contributed by atoms with Gasteiger partial charge >= 0.3 is 0 Å². The number of hydrogen-bond donors (Lipinski definition) is 2. The standard InChI is InChI=1S/C15H15NO2S/c1-9-7-11(15(18)12-3-2-6-19-12)8-10-4-5-13(17)16-14(9)10/h2-3,6-8,15,18H,4-5H2,1H3,(H,16,17). The van der Waals surface area contributed by atoms with Gasteiger partial charge in [-0.1, -0.05) is 18.2 Å². The zero-order chi connectivity index (χ0) is 13.4. The summed E-state index contributed by atoms with van der Waals surface area (Å²) in [4.78, 5) is 12.4. The van der Waals surface area contributed by atoms with Crippen molar-refractivity contribution in [3.05, 3.63) is 51.2 Å². The van der Waals surface area contributed by atoms with E-state index >= 15 is 0 Å². The van der Waals surface area contributed by atoms with Crippen LogP contribution in [-0.4, -0.2) is 11.0 Å². The van der Waals surface area contributed by atoms with Crippen LogP contribution in [0.25, 0.3) is 0 Å². The molecule has 0 saturated heterocycles. The highest BCUT2D eigenvalue weighted by Gasteiger charge is 2.20. The van der Waals surface area contributed by atoms with E-state index in [1.165, 1.54) is 0 Å². The Hall–Kier alpha value is -1.65. The summed E-state index contributed by atoms with van der Waals surface area (Å²) in [6.07, 6.45) is 0.680. The minimum atomic E-state index is -0.582. The molecule has 1 aromatic heterocycles. The Kier molecular flexibility index (Phi) is 3.12. The third-order valence-electron chi connectivity index (χ3n) is 3.45. The molecular weight excluding hydrogens is 258 g/mol. The van der Waals surface area contributed by atoms with Crippen LogP contribution in [0.15, 0.2) is 29.6 Å². The van der Waals surface area contributed by atoms with E-state index in [0.29, 0.717) is 6.42 Å². The molecule has 0 fully saturated rings. The molecule has 2 aromatic rings. The van der Waals surface area contributed by atoms with E-state index in [1.807, 2.05) is 36.6 Å². The zero-order valence-corrected chi connectivity index (χ0v) is 11.5. The molecular formula is C15H15NO2S. The Morgan fingerprint density at radius 3 is 2.95 bits per heavy atom. The number of carbonyl (C=O) groups is 1. The molecule has 98 valence electrons. The first-order valence-electron chi connectivity index (χ1n) is 6.30. The molecule has 1 aromatic carbocycles. The Morgan fingerprint density at radius 1 is 1.37 bits per heavy atom. The topological polar surface area (TPSA) is 49.3 Å². The highest BCUT2D eigenvalue weighted by molar-refractivity contribution is 7.10. The molecule has 2 N–H and O–H groups in total. The van der Waals surface area contributed by atoms with Gasteiger partial charge in [-0.2, -0.15) is 0 Å². The highest BCUT2D eigenvalue weighted by Crippen LogP contribution is 2.33. The highest BCUT2D eigenvalue weighted by atomic mass is 32.1. The lowest BCUT2D eigenvalue weighted by atomic mass is 9.94. The van der Waals surface area contributed by atoms with Crippen LogP contribution < -0.4 is 5.32 Å². The zero-order valence-electron chi connectivity index (χ0n) is 10.6. The average molecular weight is 273 g/mol. The third kappa shape index (κ3) is 2.29. The Bertz CT molecular complexity index is 619. The number of benzene rings is 1. The van der Waals surface area contributed by atoms with Gasteiger partial charge in [0, 0.05) is 17.0 Å². The lowest BCUT2D eigenvalue weighted by Crippen LogP contribution is -2.20. The predicted octanol–water partition coefficient (Wildman–Crippen LogP) is 3.02. The second-order valence-electron chi connectivity index (χ2n) is 4.84. The van der Waals surface area contributed by atoms with Gasteiger partial charge in [-0.15, -0.1) is 11.3 Å². The summed E-state index contributed by atoms with van der Waals surface area (Å²) in [7, 11) is 0. The third-order valence-corrected chi connectivity index (χ3v) is 4.38. The molecule has 0 saturated carbocycles. The number of aliphatic hydroxyl groups excluding tert-OH is 1. The monoisotopic (exact) mass is 273 g/mol. The van der Waals surface area contributed by atoms with Crippen molar-refractivity contribution in [1.82, 2.24) is 0 Å². The molecule has 1 aliphatic heterocycles. The summed E-state index contributed by atoms with van der Waals surface area (Å²) in [5, 5.41) is 15.3. The molecule has 3 nitrogen and oxygen atoms in total. The average Bonchev–Trinajstić information content (AvgIpc) is 2.92. The summed E-state index contributed by atoms with van der Waals surface area (Å²) in [6, 6.07) is 7.83. The van der Waals surface area contributed by atoms with Crippen LogP contribution >= 0.6 is 11.3 Å². The number of thiophene rings is 1. The van der Waals surface area contributed by atoms with Crippen LogP contribution in [0.5, 0.6) is 0 Å². The smallest absolute Gasteiger partial charge is 0.224 e. The van der Waals surface area contributed by atoms with Crippen LogP contribution in [0.3, 0.4) is 0 Å². The van der Waals surface area contributed by atoms with Gasteiger partial charge < -0.3 is 10.4 Å². The minimum Gasteiger partial charge on any atom is -0.383 e. The van der Waals surface area contributed by atoms with Gasteiger partial charge in [0.1, 0.15) is 6.10 Å². The summed E-state index contributed by atoms with van der Waals surface area (Å²) in [6.45, 7) is 1.97. The number of fused-ring (bicyclic) bond motifs is 1. The number of hydrogen-bond acceptors (Lipinski definition) is 3. The van der Waals surface area contributed by atoms with E-state index in [9.17, 15) is 9.90 Å². The normalized spacial score (nSPS) is 15.8. The van der Waals surface area contributed by atoms with Crippen molar-refractivity contribution in [3.8, 4) is 0 Å². The molecule has 0 spiro atoms. The van der Waals surface area contributed by atoms with Crippen molar-refractivity contribution in [2.45, 2.75) is 25.9 Å². The summed E-state index contributed by atoms with van der Waals surface area (Å²) >= 11 is 1.55. The van der Waals surface area contributed by atoms with Crippen LogP contribution in [0.4, 0.5) is 5.69 Å². The van der Waals surface area contributed by atoms with Gasteiger partial charge in [-0.05, 0) is 41.5 Å². The number of aryl methyl sites for hydroxylation is 2. The first kappa shape index (κ1) is 12.4. The molecule has 1 atom stereocenters. The van der Waals surface area contributed by atoms with Gasteiger partial charge in [0.05, 0.1) is 0 Å². The summed E-state index contributed by atoms with van der Waals surface area (Å²) in [5.41, 5.74) is 3.94. The number of amides is 1. The lowest BCUT2D eigenvalue weighted by molar-refractivity contribution is -0.116. The largest absolute Gasteiger partial charge is 0.383 e. The van der Waals surface area contributed by atoms with Gasteiger partial charge in [-0.3, -0.25) is 4.79 Å². The first-order valence-corrected chi connectivity index (χ1v) is 7.18. The van der Waals surface area contributed by atoms with Crippen molar-refractivity contribution in [1.29, 1.82) is 0 Å². The molecule has 1 unspecified atom stereocenters. The van der Waals surface area contributed by atoms with Crippen LogP contribution in [0, 0.1) is 6.92 Å². The maximum Gasteiger partial charge on any atom is 0.224 e. The molecule has 1 amide bonds. The van der Waals surface area contributed by atoms with Crippen LogP contribution in [0.1, 0.15) is 34.1 Å². The van der Waals surface area contributed by atoms with E-state index in [1.54, 1.807) is 11.3 Å². The fourth-order valence-corrected chi connectivity index (χ4v) is 3.22. The SMILES string of the molecule is Cc1cc(C(O)c2cccs2)cc2c1NC(=O)CC2. The number of anilines is 1. The molecule has 4 heteroatoms. The Balaban J connectivity index is 2.01. The molecule has 19 heavy (non-hydrogen) atoms. The quantitative estimate of drug-likeness (QED) is 0.883. The molecule has 3 rings (SSSR count). The van der Waals surface area contributed by atoms with E-state index in [4.69, 9.17) is 0 Å². The maximum atomic E-state index is 11.4. The molecule has 0 bridgehead atoms. The molecule has 2 heterocycles. The van der Waals surface area contributed by atoms with Gasteiger partial charge in [0.25, 0.3) is 0 Å². The number of nitrogens with one attached hydrogen (secondary N) is 1. The van der Waals surface area contributed by atoms with Crippen molar-refractivity contribution >= 4 is 22.9 Å². The van der Waals surface area contributed by atoms with E-state index < -0.39 is 6.10 Å². The van der Waals surface area contributed by atoms with Crippen molar-refractivity contribution in [2.75, 3.05) is 5.32 Å². The first-order chi connectivity index (χ1) is 9.15. The predicted molar refractivity (Wildman–Crippen MR) is 76.5 cm³/mol. The maximum absolute atomic E-state index is 11.4. The van der Waals surface area contributed by atoms with E-state index in [0.717, 1.165) is 33.7 Å². The Morgan fingerprint density at radius 2 is 2.21 bits per heavy atom. The molecule has 0 radical (unpaired) electrons. The number of rotatable bonds is 2. The number of carbonyl (C=O) groups excluding carboxylic acids is 1. The van der Waals surface area contributed by atoms with Crippen LogP contribution in [0.2, 0.25) is 0 Å². The van der Waals surface area contributed by atoms with Gasteiger partial charge in [0.2, 0.25) is 5.91 Å². The fourth-order valence-electron chi connectivity index (χ4n) is 2.49. The molecule has 0 aliphatic carbocycles. The minimum absolute atomic E-state index is 0.0714. The number of aliphatic hydroxyl groups is 1. The van der Waals surface area contributed by atoms with Crippen molar-refractivity contribution < 1.29 is 9.90 Å². The lowest BCUT2D eigenvalue weighted by Gasteiger charge is -2.21. The Labute approximate surface area is 115 Å². The van der Waals surface area contributed by atoms with E-state index in [-0.39, 0.29) is 5.91 Å². The van der Waals surface area contributed by atoms with Crippen LogP contribution in [-0.2, 0) is 11.2 Å². The molecule has 1 aliphatic rings. The van der Waals surface area contributed by atoms with Gasteiger partial charge in [-0.25, -0.2) is 0 Å². The fraction of sp³-hybridized carbons (Fsp3) is 0.267. The van der Waals surface area contributed by atoms with Gasteiger partial charge in [0.15, 0.2) is 0 Å². The summed E-state index contributed by atoms with van der Waals surface area (Å²) in [5.74, 6) is 0.0714. The summed E-state index contributed by atoms with van der Waals surface area (Å²) < 4.78 is 0. The second kappa shape index (κ2) is 4.79. The van der Waals surface area contributed by atoms with E-state index in [2.05, 4.69) is 5.32 Å². The van der Waals surface area contributed by atoms with Crippen molar-refractivity contribution in [3.63, 3.8) is 0 Å². The second-order valence-corrected chi connectivity index (χ2v) is 5.82.